The summed E-state index contributed by atoms with van der Waals surface area (Å²) in [6.07, 6.45) is -3.99. The van der Waals surface area contributed by atoms with E-state index in [-0.39, 0.29) is 55.1 Å². The predicted octanol–water partition coefficient (Wildman–Crippen LogP) is 6.21. The summed E-state index contributed by atoms with van der Waals surface area (Å²) in [4.78, 5) is 16.5. The minimum Gasteiger partial charge on any atom is -0.318 e. The molecular weight excluding hydrogens is 548 g/mol. The number of alkyl halides is 6. The fourth-order valence-electron chi connectivity index (χ4n) is 6.16. The van der Waals surface area contributed by atoms with Gasteiger partial charge in [0.25, 0.3) is 11.8 Å². The number of aryl methyl sites for hydroxylation is 1. The number of hydrogen-bond donors (Lipinski definition) is 0. The minimum absolute atomic E-state index is 0.0298. The van der Waals surface area contributed by atoms with E-state index >= 15 is 4.39 Å². The first-order valence-corrected chi connectivity index (χ1v) is 13.5. The van der Waals surface area contributed by atoms with Crippen molar-refractivity contribution in [3.8, 4) is 0 Å². The summed E-state index contributed by atoms with van der Waals surface area (Å²) in [5.74, 6) is -4.14. The van der Waals surface area contributed by atoms with E-state index in [4.69, 9.17) is 0 Å². The number of aromatic nitrogens is 3. The topological polar surface area (TPSA) is 54.3 Å². The number of fused-ring (bicyclic) bond motifs is 1. The van der Waals surface area contributed by atoms with E-state index in [9.17, 15) is 26.7 Å². The van der Waals surface area contributed by atoms with Gasteiger partial charge in [-0.3, -0.25) is 9.69 Å². The normalized spacial score (nSPS) is 22.6. The van der Waals surface area contributed by atoms with Crippen LogP contribution in [0.5, 0.6) is 0 Å². The van der Waals surface area contributed by atoms with E-state index in [0.717, 1.165) is 6.07 Å². The number of carbonyl (C=O) groups excluding carboxylic acids is 1. The molecule has 2 atom stereocenters. The highest BCUT2D eigenvalue weighted by Gasteiger charge is 2.54. The predicted molar refractivity (Wildman–Crippen MR) is 138 cm³/mol. The van der Waals surface area contributed by atoms with Crippen molar-refractivity contribution in [2.45, 2.75) is 63.0 Å². The molecule has 2 aromatic carbocycles. The summed E-state index contributed by atoms with van der Waals surface area (Å²) in [6.45, 7) is 1.27. The second-order valence-corrected chi connectivity index (χ2v) is 11.6. The van der Waals surface area contributed by atoms with Crippen molar-refractivity contribution in [2.75, 3.05) is 18.0 Å². The van der Waals surface area contributed by atoms with Crippen molar-refractivity contribution in [2.24, 2.45) is 13.0 Å². The van der Waals surface area contributed by atoms with E-state index in [1.54, 1.807) is 36.2 Å². The minimum atomic E-state index is -4.71. The first-order chi connectivity index (χ1) is 19.3. The number of carbonyl (C=O) groups is 1. The first-order valence-electron chi connectivity index (χ1n) is 13.5. The summed E-state index contributed by atoms with van der Waals surface area (Å²) in [5.41, 5.74) is -0.670. The van der Waals surface area contributed by atoms with Gasteiger partial charge in [-0.05, 0) is 53.8 Å². The Kier molecular flexibility index (Phi) is 6.48. The summed E-state index contributed by atoms with van der Waals surface area (Å²) in [6, 6.07) is 9.20. The molecule has 0 radical (unpaired) electrons. The molecule has 1 aliphatic carbocycles. The highest BCUT2D eigenvalue weighted by molar-refractivity contribution is 6.10. The standard InChI is InChI=1S/C29H29F6N5O/c1-17-13-39(9-8-28(17,31)32)14-18-10-21-22(23(11-18)29(33,34)35)15-40(26(21)41)20-5-3-4-19(12-20)27(6-7-27)24(30)25-37-36-16-38(25)2/h3-5,10-12,16-17,24H,6-9,13-15H2,1-2H3/t17?,24-/m0/s1. The van der Waals surface area contributed by atoms with Crippen molar-refractivity contribution in [3.63, 3.8) is 0 Å². The zero-order chi connectivity index (χ0) is 29.3. The molecule has 0 spiro atoms. The summed E-state index contributed by atoms with van der Waals surface area (Å²) >= 11 is 0. The van der Waals surface area contributed by atoms with E-state index < -0.39 is 41.1 Å². The average Bonchev–Trinajstić information content (AvgIpc) is 3.52. The monoisotopic (exact) mass is 577 g/mol. The highest BCUT2D eigenvalue weighted by Crippen LogP contribution is 2.58. The Morgan fingerprint density at radius 2 is 1.88 bits per heavy atom. The highest BCUT2D eigenvalue weighted by atomic mass is 19.4. The van der Waals surface area contributed by atoms with Gasteiger partial charge in [0.1, 0.15) is 6.33 Å². The number of rotatable bonds is 6. The van der Waals surface area contributed by atoms with Crippen LogP contribution in [0.25, 0.3) is 0 Å². The van der Waals surface area contributed by atoms with Crippen LogP contribution in [0.2, 0.25) is 0 Å². The van der Waals surface area contributed by atoms with Crippen molar-refractivity contribution in [1.82, 2.24) is 19.7 Å². The quantitative estimate of drug-likeness (QED) is 0.327. The molecule has 3 aromatic rings. The van der Waals surface area contributed by atoms with Gasteiger partial charge in [0.05, 0.1) is 12.1 Å². The molecule has 6 nitrogen and oxygen atoms in total. The van der Waals surface area contributed by atoms with Crippen LogP contribution in [-0.4, -0.2) is 44.6 Å². The lowest BCUT2D eigenvalue weighted by atomic mass is 9.90. The average molecular weight is 578 g/mol. The van der Waals surface area contributed by atoms with E-state index in [1.807, 2.05) is 0 Å². The third kappa shape index (κ3) is 4.79. The lowest BCUT2D eigenvalue weighted by Crippen LogP contribution is -2.45. The number of benzene rings is 2. The third-order valence-corrected chi connectivity index (χ3v) is 8.81. The Bertz CT molecular complexity index is 1500. The van der Waals surface area contributed by atoms with Gasteiger partial charge in [-0.2, -0.15) is 13.2 Å². The van der Waals surface area contributed by atoms with Crippen molar-refractivity contribution in [3.05, 3.63) is 76.4 Å². The zero-order valence-corrected chi connectivity index (χ0v) is 22.6. The van der Waals surface area contributed by atoms with Gasteiger partial charge >= 0.3 is 6.18 Å². The number of hydrogen-bond acceptors (Lipinski definition) is 4. The second-order valence-electron chi connectivity index (χ2n) is 11.6. The summed E-state index contributed by atoms with van der Waals surface area (Å²) in [5, 5.41) is 7.67. The Labute approximate surface area is 233 Å². The fourth-order valence-corrected chi connectivity index (χ4v) is 6.16. The number of anilines is 1. The molecule has 218 valence electrons. The van der Waals surface area contributed by atoms with Gasteiger partial charge in [-0.15, -0.1) is 10.2 Å². The molecule has 6 rings (SSSR count). The molecule has 3 heterocycles. The summed E-state index contributed by atoms with van der Waals surface area (Å²) in [7, 11) is 1.65. The zero-order valence-electron chi connectivity index (χ0n) is 22.6. The van der Waals surface area contributed by atoms with E-state index in [0.29, 0.717) is 24.1 Å². The number of halogens is 6. The Morgan fingerprint density at radius 3 is 2.51 bits per heavy atom. The Morgan fingerprint density at radius 1 is 1.12 bits per heavy atom. The molecule has 1 aromatic heterocycles. The Hall–Kier alpha value is -3.41. The van der Waals surface area contributed by atoms with E-state index in [2.05, 4.69) is 10.2 Å². The molecule has 3 aliphatic rings. The third-order valence-electron chi connectivity index (χ3n) is 8.81. The van der Waals surface area contributed by atoms with Crippen LogP contribution in [0.1, 0.15) is 70.8 Å². The largest absolute Gasteiger partial charge is 0.416 e. The van der Waals surface area contributed by atoms with Crippen molar-refractivity contribution in [1.29, 1.82) is 0 Å². The maximum Gasteiger partial charge on any atom is 0.416 e. The molecule has 1 unspecified atom stereocenters. The smallest absolute Gasteiger partial charge is 0.318 e. The van der Waals surface area contributed by atoms with Gasteiger partial charge in [0.15, 0.2) is 12.0 Å². The lowest BCUT2D eigenvalue weighted by Gasteiger charge is -2.36. The fraction of sp³-hybridized carbons (Fsp3) is 0.483. The molecular formula is C29H29F6N5O. The van der Waals surface area contributed by atoms with Crippen molar-refractivity contribution >= 4 is 11.6 Å². The number of likely N-dealkylation sites (tertiary alicyclic amines) is 1. The molecule has 0 bridgehead atoms. The number of amides is 1. The maximum absolute atomic E-state index is 15.7. The number of nitrogens with zero attached hydrogens (tertiary/aromatic N) is 5. The summed E-state index contributed by atoms with van der Waals surface area (Å²) < 4.78 is 87.7. The molecule has 2 fully saturated rings. The van der Waals surface area contributed by atoms with Crippen LogP contribution < -0.4 is 4.90 Å². The molecule has 1 saturated carbocycles. The lowest BCUT2D eigenvalue weighted by molar-refractivity contribution is -0.138. The maximum atomic E-state index is 15.7. The molecule has 1 amide bonds. The van der Waals surface area contributed by atoms with Crippen LogP contribution in [-0.2, 0) is 31.7 Å². The Balaban J connectivity index is 1.29. The van der Waals surface area contributed by atoms with E-state index in [1.165, 1.54) is 28.8 Å². The van der Waals surface area contributed by atoms with Crippen LogP contribution in [0.3, 0.4) is 0 Å². The van der Waals surface area contributed by atoms with Gasteiger partial charge in [0.2, 0.25) is 0 Å². The molecule has 41 heavy (non-hydrogen) atoms. The van der Waals surface area contributed by atoms with Crippen LogP contribution in [0.15, 0.2) is 42.7 Å². The molecule has 0 N–H and O–H groups in total. The van der Waals surface area contributed by atoms with Gasteiger partial charge < -0.3 is 9.47 Å². The van der Waals surface area contributed by atoms with Crippen LogP contribution >= 0.6 is 0 Å². The molecule has 2 aliphatic heterocycles. The van der Waals surface area contributed by atoms with Crippen LogP contribution in [0, 0.1) is 5.92 Å². The second kappa shape index (κ2) is 9.57. The molecule has 1 saturated heterocycles. The van der Waals surface area contributed by atoms with Crippen LogP contribution in [0.4, 0.5) is 32.0 Å². The first kappa shape index (κ1) is 27.7. The van der Waals surface area contributed by atoms with Gasteiger partial charge in [-0.1, -0.05) is 19.1 Å². The number of piperidine rings is 1. The SMILES string of the molecule is CC1CN(Cc2cc3c(c(C(F)(F)F)c2)CN(c2cccc(C4([C@@H](F)c5nncn5C)CC4)c2)C3=O)CCC1(F)F. The van der Waals surface area contributed by atoms with Crippen molar-refractivity contribution < 1.29 is 31.1 Å². The van der Waals surface area contributed by atoms with Gasteiger partial charge in [0, 0.05) is 55.7 Å². The van der Waals surface area contributed by atoms with Gasteiger partial charge in [-0.25, -0.2) is 13.2 Å². The molecule has 12 heteroatoms.